The largest absolute Gasteiger partial charge is 0.434 e. The van der Waals surface area contributed by atoms with Crippen molar-refractivity contribution in [3.05, 3.63) is 62.8 Å². The van der Waals surface area contributed by atoms with E-state index in [0.29, 0.717) is 27.2 Å². The molecule has 0 bridgehead atoms. The summed E-state index contributed by atoms with van der Waals surface area (Å²) < 4.78 is 32.5. The van der Waals surface area contributed by atoms with Crippen LogP contribution >= 0.6 is 28.1 Å². The zero-order chi connectivity index (χ0) is 21.7. The Morgan fingerprint density at radius 3 is 2.73 bits per heavy atom. The average molecular weight is 497 g/mol. The summed E-state index contributed by atoms with van der Waals surface area (Å²) in [6.45, 7) is -0.566. The molecule has 6 nitrogen and oxygen atoms in total. The molecule has 0 radical (unpaired) electrons. The Bertz CT molecular complexity index is 1080. The summed E-state index contributed by atoms with van der Waals surface area (Å²) in [7, 11) is 0. The number of hydrogen-bond acceptors (Lipinski definition) is 4. The number of nitrogens with zero attached hydrogens (tertiary/aromatic N) is 2. The van der Waals surface area contributed by atoms with Crippen LogP contribution in [0.5, 0.6) is 5.75 Å². The van der Waals surface area contributed by atoms with Crippen molar-refractivity contribution < 1.29 is 18.3 Å². The van der Waals surface area contributed by atoms with Gasteiger partial charge in [0.2, 0.25) is 5.91 Å². The van der Waals surface area contributed by atoms with Gasteiger partial charge in [0.05, 0.1) is 0 Å². The molecule has 1 amide bonds. The van der Waals surface area contributed by atoms with E-state index in [4.69, 9.17) is 12.2 Å². The quantitative estimate of drug-likeness (QED) is 0.431. The number of aryl methyl sites for hydroxylation is 1. The smallest absolute Gasteiger partial charge is 0.387 e. The first kappa shape index (κ1) is 22.1. The normalized spacial score (nSPS) is 11.0. The molecule has 158 valence electrons. The third-order valence-corrected chi connectivity index (χ3v) is 5.15. The van der Waals surface area contributed by atoms with E-state index in [1.807, 2.05) is 31.2 Å². The van der Waals surface area contributed by atoms with E-state index in [-0.39, 0.29) is 24.6 Å². The number of rotatable bonds is 8. The minimum Gasteiger partial charge on any atom is -0.434 e. The highest BCUT2D eigenvalue weighted by molar-refractivity contribution is 9.10. The fourth-order valence-corrected chi connectivity index (χ4v) is 3.47. The molecule has 30 heavy (non-hydrogen) atoms. The third kappa shape index (κ3) is 5.73. The van der Waals surface area contributed by atoms with Crippen molar-refractivity contribution in [1.29, 1.82) is 0 Å². The molecule has 0 aliphatic rings. The molecule has 0 fully saturated rings. The molecule has 0 atom stereocenters. The van der Waals surface area contributed by atoms with Gasteiger partial charge in [-0.3, -0.25) is 14.5 Å². The minimum absolute atomic E-state index is 0.0206. The monoisotopic (exact) mass is 496 g/mol. The number of benzene rings is 2. The Kier molecular flexibility index (Phi) is 7.33. The Labute approximate surface area is 185 Å². The molecular formula is C20H19BrF2N4O2S. The van der Waals surface area contributed by atoms with Gasteiger partial charge >= 0.3 is 6.61 Å². The summed E-state index contributed by atoms with van der Waals surface area (Å²) in [4.78, 5) is 12.3. The topological polar surface area (TPSA) is 71.9 Å². The van der Waals surface area contributed by atoms with Crippen LogP contribution in [0.3, 0.4) is 0 Å². The van der Waals surface area contributed by atoms with Gasteiger partial charge in [-0.05, 0) is 37.3 Å². The van der Waals surface area contributed by atoms with Gasteiger partial charge in [-0.1, -0.05) is 45.8 Å². The van der Waals surface area contributed by atoms with Crippen LogP contribution in [-0.2, 0) is 17.9 Å². The summed E-state index contributed by atoms with van der Waals surface area (Å²) in [6, 6.07) is 12.5. The number of ether oxygens (including phenoxy) is 1. The van der Waals surface area contributed by atoms with Gasteiger partial charge in [0, 0.05) is 35.1 Å². The number of nitrogens with one attached hydrogen (secondary N) is 2. The van der Waals surface area contributed by atoms with Crippen LogP contribution < -0.4 is 10.1 Å². The number of amides is 1. The van der Waals surface area contributed by atoms with Crippen LogP contribution in [0, 0.1) is 11.7 Å². The fourth-order valence-electron chi connectivity index (χ4n) is 2.84. The highest BCUT2D eigenvalue weighted by atomic mass is 79.9. The summed E-state index contributed by atoms with van der Waals surface area (Å²) in [5.41, 5.74) is 2.45. The fraction of sp³-hybridized carbons (Fsp3) is 0.250. The summed E-state index contributed by atoms with van der Waals surface area (Å²) >= 11 is 8.57. The molecule has 3 rings (SSSR count). The Hall–Kier alpha value is -2.59. The van der Waals surface area contributed by atoms with Crippen LogP contribution in [-0.4, -0.2) is 27.3 Å². The van der Waals surface area contributed by atoms with Crippen molar-refractivity contribution >= 4 is 34.1 Å². The van der Waals surface area contributed by atoms with Crippen LogP contribution in [0.2, 0.25) is 0 Å². The van der Waals surface area contributed by atoms with Crippen LogP contribution in [0.4, 0.5) is 8.78 Å². The lowest BCUT2D eigenvalue weighted by Crippen LogP contribution is -2.24. The predicted octanol–water partition coefficient (Wildman–Crippen LogP) is 4.99. The SMILES string of the molecule is Cc1ccc(-c2n[nH]c(=S)n2CCC(=O)NCc2cc(Br)ccc2OC(F)F)cc1. The molecule has 3 aromatic rings. The lowest BCUT2D eigenvalue weighted by molar-refractivity contribution is -0.121. The van der Waals surface area contributed by atoms with Crippen molar-refractivity contribution in [1.82, 2.24) is 20.1 Å². The van der Waals surface area contributed by atoms with E-state index in [1.54, 1.807) is 16.7 Å². The Morgan fingerprint density at radius 1 is 1.30 bits per heavy atom. The van der Waals surface area contributed by atoms with E-state index in [9.17, 15) is 13.6 Å². The van der Waals surface area contributed by atoms with Crippen LogP contribution in [0.25, 0.3) is 11.4 Å². The molecule has 1 heterocycles. The van der Waals surface area contributed by atoms with Crippen molar-refractivity contribution in [3.63, 3.8) is 0 Å². The molecule has 0 aliphatic heterocycles. The molecule has 1 aromatic heterocycles. The van der Waals surface area contributed by atoms with Crippen molar-refractivity contribution in [2.24, 2.45) is 0 Å². The van der Waals surface area contributed by atoms with Gasteiger partial charge in [0.15, 0.2) is 10.6 Å². The molecule has 2 aromatic carbocycles. The van der Waals surface area contributed by atoms with Gasteiger partial charge < -0.3 is 10.1 Å². The molecule has 2 N–H and O–H groups in total. The number of carbonyl (C=O) groups excluding carboxylic acids is 1. The van der Waals surface area contributed by atoms with Crippen molar-refractivity contribution in [2.75, 3.05) is 0 Å². The maximum Gasteiger partial charge on any atom is 0.387 e. The second-order valence-electron chi connectivity index (χ2n) is 6.53. The molecule has 0 spiro atoms. The van der Waals surface area contributed by atoms with Gasteiger partial charge in [-0.2, -0.15) is 13.9 Å². The number of aromatic nitrogens is 3. The molecule has 10 heteroatoms. The maximum absolute atomic E-state index is 12.6. The van der Waals surface area contributed by atoms with E-state index in [2.05, 4.69) is 36.2 Å². The molecule has 0 unspecified atom stereocenters. The number of aromatic amines is 1. The highest BCUT2D eigenvalue weighted by Gasteiger charge is 2.13. The highest BCUT2D eigenvalue weighted by Crippen LogP contribution is 2.25. The first-order valence-electron chi connectivity index (χ1n) is 9.05. The van der Waals surface area contributed by atoms with Gasteiger partial charge in [-0.25, -0.2) is 0 Å². The Morgan fingerprint density at radius 2 is 2.03 bits per heavy atom. The maximum atomic E-state index is 12.6. The van der Waals surface area contributed by atoms with E-state index in [0.717, 1.165) is 11.1 Å². The lowest BCUT2D eigenvalue weighted by Gasteiger charge is -2.12. The molecule has 0 aliphatic carbocycles. The van der Waals surface area contributed by atoms with E-state index in [1.165, 1.54) is 6.07 Å². The number of alkyl halides is 2. The number of carbonyl (C=O) groups is 1. The number of H-pyrrole nitrogens is 1. The van der Waals surface area contributed by atoms with Gasteiger partial charge in [0.25, 0.3) is 0 Å². The number of hydrogen-bond donors (Lipinski definition) is 2. The zero-order valence-electron chi connectivity index (χ0n) is 16.0. The first-order chi connectivity index (χ1) is 14.3. The summed E-state index contributed by atoms with van der Waals surface area (Å²) in [5, 5.41) is 9.74. The predicted molar refractivity (Wildman–Crippen MR) is 115 cm³/mol. The zero-order valence-corrected chi connectivity index (χ0v) is 18.4. The van der Waals surface area contributed by atoms with Crippen LogP contribution in [0.1, 0.15) is 17.5 Å². The standard InChI is InChI=1S/C20H19BrF2N4O2S/c1-12-2-4-13(5-3-12)18-25-26-20(30)27(18)9-8-17(28)24-11-14-10-15(21)6-7-16(14)29-19(22)23/h2-7,10,19H,8-9,11H2,1H3,(H,24,28)(H,26,30). The summed E-state index contributed by atoms with van der Waals surface area (Å²) in [5.74, 6) is 0.413. The average Bonchev–Trinajstić information content (AvgIpc) is 3.07. The van der Waals surface area contributed by atoms with Crippen LogP contribution in [0.15, 0.2) is 46.9 Å². The molecule has 0 saturated heterocycles. The summed E-state index contributed by atoms with van der Waals surface area (Å²) in [6.07, 6.45) is 0.145. The van der Waals surface area contributed by atoms with Gasteiger partial charge in [-0.15, -0.1) is 0 Å². The van der Waals surface area contributed by atoms with E-state index >= 15 is 0 Å². The Balaban J connectivity index is 1.64. The molecular weight excluding hydrogens is 478 g/mol. The second-order valence-corrected chi connectivity index (χ2v) is 7.83. The van der Waals surface area contributed by atoms with E-state index < -0.39 is 6.61 Å². The van der Waals surface area contributed by atoms with Gasteiger partial charge in [0.1, 0.15) is 5.75 Å². The number of halogens is 3. The molecule has 0 saturated carbocycles. The first-order valence-corrected chi connectivity index (χ1v) is 10.3. The second kappa shape index (κ2) is 9.94. The van der Waals surface area contributed by atoms with Crippen molar-refractivity contribution in [3.8, 4) is 17.1 Å². The van der Waals surface area contributed by atoms with Crippen molar-refractivity contribution in [2.45, 2.75) is 33.0 Å². The lowest BCUT2D eigenvalue weighted by atomic mass is 10.1. The minimum atomic E-state index is -2.94. The third-order valence-electron chi connectivity index (χ3n) is 4.35.